The van der Waals surface area contributed by atoms with Crippen LogP contribution in [0.2, 0.25) is 0 Å². The van der Waals surface area contributed by atoms with Crippen LogP contribution in [-0.2, 0) is 9.53 Å². The number of carbonyl (C=O) groups excluding carboxylic acids is 1. The van der Waals surface area contributed by atoms with Crippen LogP contribution in [0.25, 0.3) is 0 Å². The zero-order valence-corrected chi connectivity index (χ0v) is 8.51. The molecule has 0 spiro atoms. The smallest absolute Gasteiger partial charge is 0.372 e. The van der Waals surface area contributed by atoms with Crippen LogP contribution in [0.1, 0.15) is 19.8 Å². The van der Waals surface area contributed by atoms with Crippen LogP contribution in [0, 0.1) is 0 Å². The topological polar surface area (TPSA) is 29.5 Å². The molecule has 0 saturated heterocycles. The fourth-order valence-corrected chi connectivity index (χ4v) is 1.27. The molecule has 0 bridgehead atoms. The van der Waals surface area contributed by atoms with Gasteiger partial charge in [0.05, 0.1) is 0 Å². The Morgan fingerprint density at radius 3 is 2.47 bits per heavy atom. The molecule has 1 fully saturated rings. The molecule has 0 aromatic rings. The molecular formula is C9H14F3NO2. The number of rotatable bonds is 5. The van der Waals surface area contributed by atoms with Crippen molar-refractivity contribution in [2.24, 2.45) is 0 Å². The van der Waals surface area contributed by atoms with Gasteiger partial charge >= 0.3 is 6.18 Å². The van der Waals surface area contributed by atoms with Crippen LogP contribution in [0.3, 0.4) is 0 Å². The first kappa shape index (κ1) is 12.3. The van der Waals surface area contributed by atoms with Crippen molar-refractivity contribution in [2.45, 2.75) is 32.0 Å². The molecule has 1 amide bonds. The number of hydrogen-bond acceptors (Lipinski definition) is 2. The highest BCUT2D eigenvalue weighted by molar-refractivity contribution is 5.78. The Kier molecular flexibility index (Phi) is 3.96. The van der Waals surface area contributed by atoms with Crippen molar-refractivity contribution >= 4 is 5.91 Å². The van der Waals surface area contributed by atoms with Crippen molar-refractivity contribution in [3.8, 4) is 0 Å². The third-order valence-electron chi connectivity index (χ3n) is 2.09. The number of amides is 1. The quantitative estimate of drug-likeness (QED) is 0.710. The Labute approximate surface area is 86.2 Å². The van der Waals surface area contributed by atoms with Gasteiger partial charge in [0.2, 0.25) is 5.91 Å². The Bertz CT molecular complexity index is 226. The van der Waals surface area contributed by atoms with Gasteiger partial charge in [-0.05, 0) is 19.8 Å². The monoisotopic (exact) mass is 225 g/mol. The van der Waals surface area contributed by atoms with E-state index in [1.165, 1.54) is 0 Å². The average Bonchev–Trinajstić information content (AvgIpc) is 2.92. The van der Waals surface area contributed by atoms with E-state index in [-0.39, 0.29) is 12.6 Å². The number of halogens is 3. The number of hydrogen-bond donors (Lipinski definition) is 0. The third-order valence-corrected chi connectivity index (χ3v) is 2.09. The van der Waals surface area contributed by atoms with E-state index >= 15 is 0 Å². The molecule has 1 saturated carbocycles. The maximum absolute atomic E-state index is 12.1. The van der Waals surface area contributed by atoms with Crippen LogP contribution in [0.5, 0.6) is 0 Å². The van der Waals surface area contributed by atoms with Gasteiger partial charge in [-0.1, -0.05) is 0 Å². The van der Waals surface area contributed by atoms with Gasteiger partial charge in [-0.3, -0.25) is 4.79 Å². The highest BCUT2D eigenvalue weighted by Crippen LogP contribution is 2.30. The van der Waals surface area contributed by atoms with E-state index in [1.807, 2.05) is 0 Å². The average molecular weight is 225 g/mol. The zero-order valence-electron chi connectivity index (χ0n) is 8.51. The molecule has 0 aromatic carbocycles. The number of nitrogens with zero attached hydrogens (tertiary/aromatic N) is 1. The Morgan fingerprint density at radius 1 is 1.47 bits per heavy atom. The van der Waals surface area contributed by atoms with E-state index in [4.69, 9.17) is 4.74 Å². The molecule has 6 heteroatoms. The summed E-state index contributed by atoms with van der Waals surface area (Å²) in [5.41, 5.74) is 0. The molecule has 1 aliphatic rings. The van der Waals surface area contributed by atoms with Crippen molar-refractivity contribution < 1.29 is 22.7 Å². The van der Waals surface area contributed by atoms with Gasteiger partial charge in [-0.2, -0.15) is 13.2 Å². The predicted molar refractivity (Wildman–Crippen MR) is 47.3 cm³/mol. The second-order valence-electron chi connectivity index (χ2n) is 3.51. The lowest BCUT2D eigenvalue weighted by Crippen LogP contribution is -2.42. The zero-order chi connectivity index (χ0) is 11.5. The summed E-state index contributed by atoms with van der Waals surface area (Å²) in [5, 5.41) is 0. The molecule has 3 nitrogen and oxygen atoms in total. The highest BCUT2D eigenvalue weighted by Gasteiger charge is 2.40. The standard InChI is InChI=1S/C9H14F3NO2/c1-2-15-5-8(14)13(7-3-4-7)6-9(10,11)12/h7H,2-6H2,1H3. The summed E-state index contributed by atoms with van der Waals surface area (Å²) in [6.45, 7) is 0.599. The predicted octanol–water partition coefficient (Wildman–Crippen LogP) is 1.58. The lowest BCUT2D eigenvalue weighted by atomic mass is 10.4. The highest BCUT2D eigenvalue weighted by atomic mass is 19.4. The summed E-state index contributed by atoms with van der Waals surface area (Å²) in [6, 6.07) is -0.236. The normalized spacial score (nSPS) is 16.5. The summed E-state index contributed by atoms with van der Waals surface area (Å²) < 4.78 is 41.2. The van der Waals surface area contributed by atoms with Crippen molar-refractivity contribution in [2.75, 3.05) is 19.8 Å². The van der Waals surface area contributed by atoms with E-state index < -0.39 is 18.6 Å². The van der Waals surface area contributed by atoms with Gasteiger partial charge in [-0.15, -0.1) is 0 Å². The summed E-state index contributed by atoms with van der Waals surface area (Å²) in [4.78, 5) is 12.2. The van der Waals surface area contributed by atoms with Crippen molar-refractivity contribution in [1.82, 2.24) is 4.90 Å². The summed E-state index contributed by atoms with van der Waals surface area (Å²) in [6.07, 6.45) is -3.01. The minimum atomic E-state index is -4.33. The fourth-order valence-electron chi connectivity index (χ4n) is 1.27. The molecule has 0 aromatic heterocycles. The maximum atomic E-state index is 12.1. The molecule has 1 rings (SSSR count). The van der Waals surface area contributed by atoms with E-state index in [0.717, 1.165) is 4.90 Å². The SMILES string of the molecule is CCOCC(=O)N(CC(F)(F)F)C1CC1. The Balaban J connectivity index is 2.46. The lowest BCUT2D eigenvalue weighted by molar-refractivity contribution is -0.165. The first-order valence-corrected chi connectivity index (χ1v) is 4.88. The van der Waals surface area contributed by atoms with Gasteiger partial charge in [0, 0.05) is 12.6 Å². The Hall–Kier alpha value is -0.780. The summed E-state index contributed by atoms with van der Waals surface area (Å²) in [5.74, 6) is -0.573. The van der Waals surface area contributed by atoms with E-state index in [9.17, 15) is 18.0 Å². The minimum Gasteiger partial charge on any atom is -0.372 e. The van der Waals surface area contributed by atoms with Gasteiger partial charge < -0.3 is 9.64 Å². The molecule has 0 heterocycles. The van der Waals surface area contributed by atoms with E-state index in [1.54, 1.807) is 6.92 Å². The van der Waals surface area contributed by atoms with Crippen molar-refractivity contribution in [3.05, 3.63) is 0 Å². The van der Waals surface area contributed by atoms with Crippen LogP contribution in [0.15, 0.2) is 0 Å². The maximum Gasteiger partial charge on any atom is 0.406 e. The minimum absolute atomic E-state index is 0.236. The van der Waals surface area contributed by atoms with Crippen LogP contribution < -0.4 is 0 Å². The summed E-state index contributed by atoms with van der Waals surface area (Å²) in [7, 11) is 0. The second kappa shape index (κ2) is 4.83. The first-order valence-electron chi connectivity index (χ1n) is 4.88. The number of ether oxygens (including phenoxy) is 1. The van der Waals surface area contributed by atoms with Crippen LogP contribution in [0.4, 0.5) is 13.2 Å². The van der Waals surface area contributed by atoms with E-state index in [0.29, 0.717) is 19.4 Å². The number of carbonyl (C=O) groups is 1. The van der Waals surface area contributed by atoms with Gasteiger partial charge in [0.15, 0.2) is 0 Å². The molecular weight excluding hydrogens is 211 g/mol. The molecule has 15 heavy (non-hydrogen) atoms. The van der Waals surface area contributed by atoms with Crippen molar-refractivity contribution in [1.29, 1.82) is 0 Å². The molecule has 0 unspecified atom stereocenters. The van der Waals surface area contributed by atoms with Crippen molar-refractivity contribution in [3.63, 3.8) is 0 Å². The van der Waals surface area contributed by atoms with Crippen LogP contribution in [-0.4, -0.2) is 42.8 Å². The molecule has 0 N–H and O–H groups in total. The molecule has 0 aliphatic heterocycles. The van der Waals surface area contributed by atoms with Gasteiger partial charge in [0.25, 0.3) is 0 Å². The Morgan fingerprint density at radius 2 is 2.07 bits per heavy atom. The van der Waals surface area contributed by atoms with Gasteiger partial charge in [0.1, 0.15) is 13.2 Å². The van der Waals surface area contributed by atoms with Gasteiger partial charge in [-0.25, -0.2) is 0 Å². The second-order valence-corrected chi connectivity index (χ2v) is 3.51. The molecule has 88 valence electrons. The van der Waals surface area contributed by atoms with Crippen LogP contribution >= 0.6 is 0 Å². The third kappa shape index (κ3) is 4.51. The summed E-state index contributed by atoms with van der Waals surface area (Å²) >= 11 is 0. The molecule has 0 radical (unpaired) electrons. The molecule has 0 atom stereocenters. The van der Waals surface area contributed by atoms with E-state index in [2.05, 4.69) is 0 Å². The number of alkyl halides is 3. The lowest BCUT2D eigenvalue weighted by Gasteiger charge is -2.23. The fraction of sp³-hybridized carbons (Fsp3) is 0.889. The largest absolute Gasteiger partial charge is 0.406 e. The first-order chi connectivity index (χ1) is 6.94. The molecule has 1 aliphatic carbocycles.